The molecular formula is C18H18N2O5S2. The van der Waals surface area contributed by atoms with Gasteiger partial charge in [0, 0.05) is 18.4 Å². The number of benzene rings is 1. The lowest BCUT2D eigenvalue weighted by Crippen LogP contribution is -2.31. The molecule has 27 heavy (non-hydrogen) atoms. The molecule has 1 saturated carbocycles. The summed E-state index contributed by atoms with van der Waals surface area (Å²) in [6.45, 7) is 0.00440. The van der Waals surface area contributed by atoms with Gasteiger partial charge in [-0.1, -0.05) is 18.2 Å². The molecule has 0 radical (unpaired) electrons. The third kappa shape index (κ3) is 3.42. The largest absolute Gasteiger partial charge is 0.480 e. The minimum absolute atomic E-state index is 0.00440. The highest BCUT2D eigenvalue weighted by molar-refractivity contribution is 7.99. The molecule has 9 heteroatoms. The summed E-state index contributed by atoms with van der Waals surface area (Å²) in [5.41, 5.74) is 1.15. The summed E-state index contributed by atoms with van der Waals surface area (Å²) in [5.74, 6) is -0.463. The second kappa shape index (κ2) is 6.81. The number of sulfonamides is 1. The van der Waals surface area contributed by atoms with Gasteiger partial charge in [-0.05, 0) is 42.0 Å². The average Bonchev–Trinajstić information content (AvgIpc) is 3.37. The van der Waals surface area contributed by atoms with Crippen LogP contribution < -0.4 is 10.3 Å². The van der Waals surface area contributed by atoms with E-state index >= 15 is 0 Å². The first kappa shape index (κ1) is 18.3. The minimum atomic E-state index is -3.69. The first-order valence-corrected chi connectivity index (χ1v) is 11.0. The number of aliphatic carboxylic acids is 1. The fourth-order valence-electron chi connectivity index (χ4n) is 3.33. The Morgan fingerprint density at radius 1 is 1.26 bits per heavy atom. The van der Waals surface area contributed by atoms with Crippen molar-refractivity contribution in [1.29, 1.82) is 0 Å². The van der Waals surface area contributed by atoms with Crippen LogP contribution in [0, 0.1) is 0 Å². The monoisotopic (exact) mass is 406 g/mol. The molecule has 2 aromatic rings. The number of nitrogens with one attached hydrogen (secondary N) is 1. The molecular weight excluding hydrogens is 388 g/mol. The summed E-state index contributed by atoms with van der Waals surface area (Å²) >= 11 is 1.36. The maximum atomic E-state index is 12.5. The maximum absolute atomic E-state index is 12.5. The van der Waals surface area contributed by atoms with Crippen molar-refractivity contribution in [2.24, 2.45) is 0 Å². The van der Waals surface area contributed by atoms with Gasteiger partial charge < -0.3 is 5.11 Å². The number of carboxylic acids is 1. The van der Waals surface area contributed by atoms with Crippen LogP contribution in [0.2, 0.25) is 0 Å². The van der Waals surface area contributed by atoms with Gasteiger partial charge in [-0.3, -0.25) is 9.36 Å². The van der Waals surface area contributed by atoms with Crippen LogP contribution in [0.4, 0.5) is 0 Å². The fraction of sp³-hybridized carbons (Fsp3) is 0.333. The molecule has 1 atom stereocenters. The third-order valence-electron chi connectivity index (χ3n) is 4.80. The Balaban J connectivity index is 1.69. The zero-order valence-electron chi connectivity index (χ0n) is 14.3. The summed E-state index contributed by atoms with van der Waals surface area (Å²) in [6, 6.07) is 8.56. The Kier molecular flexibility index (Phi) is 4.61. The Morgan fingerprint density at radius 3 is 2.59 bits per heavy atom. The van der Waals surface area contributed by atoms with Crippen molar-refractivity contribution in [3.63, 3.8) is 0 Å². The van der Waals surface area contributed by atoms with E-state index in [1.54, 1.807) is 18.2 Å². The number of hydrogen-bond acceptors (Lipinski definition) is 5. The topological polar surface area (TPSA) is 105 Å². The third-order valence-corrected chi connectivity index (χ3v) is 7.39. The van der Waals surface area contributed by atoms with Gasteiger partial charge in [-0.25, -0.2) is 17.9 Å². The van der Waals surface area contributed by atoms with Crippen molar-refractivity contribution in [1.82, 2.24) is 9.29 Å². The minimum Gasteiger partial charge on any atom is -0.480 e. The van der Waals surface area contributed by atoms with Crippen LogP contribution >= 0.6 is 11.8 Å². The van der Waals surface area contributed by atoms with E-state index in [0.717, 1.165) is 18.4 Å². The Hall–Kier alpha value is -2.10. The number of thioether (sulfide) groups is 1. The first-order chi connectivity index (χ1) is 12.9. The van der Waals surface area contributed by atoms with E-state index in [9.17, 15) is 23.1 Å². The van der Waals surface area contributed by atoms with Crippen LogP contribution in [0.15, 0.2) is 51.1 Å². The number of carboxylic acid groups (broad SMARTS) is 1. The zero-order valence-corrected chi connectivity index (χ0v) is 15.9. The molecule has 0 bridgehead atoms. The fourth-order valence-corrected chi connectivity index (χ4v) is 5.78. The number of nitrogens with zero attached hydrogens (tertiary/aromatic N) is 1. The molecule has 142 valence electrons. The molecule has 1 aliphatic carbocycles. The van der Waals surface area contributed by atoms with Crippen molar-refractivity contribution in [2.45, 2.75) is 41.3 Å². The van der Waals surface area contributed by atoms with E-state index in [1.165, 1.54) is 34.5 Å². The summed E-state index contributed by atoms with van der Waals surface area (Å²) < 4.78 is 28.9. The van der Waals surface area contributed by atoms with Gasteiger partial charge in [0.05, 0.1) is 9.92 Å². The lowest BCUT2D eigenvalue weighted by Gasteiger charge is -2.16. The number of hydrogen-bond donors (Lipinski definition) is 2. The van der Waals surface area contributed by atoms with Crippen LogP contribution in [0.5, 0.6) is 0 Å². The summed E-state index contributed by atoms with van der Waals surface area (Å²) in [4.78, 5) is 24.2. The van der Waals surface area contributed by atoms with Crippen molar-refractivity contribution >= 4 is 27.8 Å². The number of pyridine rings is 1. The quantitative estimate of drug-likeness (QED) is 0.759. The highest BCUT2D eigenvalue weighted by atomic mass is 32.2. The van der Waals surface area contributed by atoms with Gasteiger partial charge in [-0.2, -0.15) is 0 Å². The molecule has 2 aliphatic rings. The Labute approximate surface area is 160 Å². The Morgan fingerprint density at radius 2 is 1.96 bits per heavy atom. The number of carbonyl (C=O) groups is 1. The summed E-state index contributed by atoms with van der Waals surface area (Å²) in [6.07, 6.45) is 1.92. The normalized spacial score (nSPS) is 19.0. The standard InChI is InChI=1S/C18H18N2O5S2/c21-15-8-12(9-19-27(24,25)13-4-2-1-3-5-13)16(11-6-7-11)17-20(15)14(10-26-17)18(22)23/h1-5,8,11,14,19H,6-7,9-10H2,(H,22,23)/t14-/m0/s1. The molecule has 2 heterocycles. The maximum Gasteiger partial charge on any atom is 0.327 e. The number of aromatic nitrogens is 1. The van der Waals surface area contributed by atoms with E-state index in [4.69, 9.17) is 0 Å². The number of rotatable bonds is 6. The van der Waals surface area contributed by atoms with Crippen LogP contribution in [0.3, 0.4) is 0 Å². The second-order valence-corrected chi connectivity index (χ2v) is 9.45. The molecule has 4 rings (SSSR count). The molecule has 1 aliphatic heterocycles. The zero-order chi connectivity index (χ0) is 19.2. The van der Waals surface area contributed by atoms with E-state index < -0.39 is 27.6 Å². The molecule has 0 amide bonds. The van der Waals surface area contributed by atoms with Crippen LogP contribution in [-0.2, 0) is 21.4 Å². The van der Waals surface area contributed by atoms with Crippen molar-refractivity contribution in [3.8, 4) is 0 Å². The Bertz CT molecular complexity index is 1060. The van der Waals surface area contributed by atoms with Gasteiger partial charge >= 0.3 is 5.97 Å². The van der Waals surface area contributed by atoms with E-state index in [0.29, 0.717) is 16.3 Å². The first-order valence-electron chi connectivity index (χ1n) is 8.57. The van der Waals surface area contributed by atoms with Crippen LogP contribution in [0.1, 0.15) is 35.9 Å². The van der Waals surface area contributed by atoms with Gasteiger partial charge in [0.2, 0.25) is 10.0 Å². The van der Waals surface area contributed by atoms with Gasteiger partial charge in [-0.15, -0.1) is 11.8 Å². The molecule has 2 N–H and O–H groups in total. The average molecular weight is 406 g/mol. The van der Waals surface area contributed by atoms with Gasteiger partial charge in [0.25, 0.3) is 5.56 Å². The van der Waals surface area contributed by atoms with Crippen molar-refractivity contribution in [3.05, 3.63) is 57.9 Å². The molecule has 1 aromatic heterocycles. The van der Waals surface area contributed by atoms with E-state index in [1.807, 2.05) is 0 Å². The smallest absolute Gasteiger partial charge is 0.327 e. The SMILES string of the molecule is O=C(O)[C@@H]1CSc2c(C3CC3)c(CNS(=O)(=O)c3ccccc3)cc(=O)n21. The predicted molar refractivity (Wildman–Crippen MR) is 101 cm³/mol. The van der Waals surface area contributed by atoms with E-state index in [-0.39, 0.29) is 17.4 Å². The van der Waals surface area contributed by atoms with E-state index in [2.05, 4.69) is 4.72 Å². The lowest BCUT2D eigenvalue weighted by molar-refractivity contribution is -0.140. The van der Waals surface area contributed by atoms with Crippen LogP contribution in [-0.4, -0.2) is 29.8 Å². The van der Waals surface area contributed by atoms with Gasteiger partial charge in [0.1, 0.15) is 6.04 Å². The van der Waals surface area contributed by atoms with Crippen molar-refractivity contribution < 1.29 is 18.3 Å². The highest BCUT2D eigenvalue weighted by Crippen LogP contribution is 2.48. The molecule has 7 nitrogen and oxygen atoms in total. The van der Waals surface area contributed by atoms with Gasteiger partial charge in [0.15, 0.2) is 0 Å². The highest BCUT2D eigenvalue weighted by Gasteiger charge is 2.37. The molecule has 0 saturated heterocycles. The van der Waals surface area contributed by atoms with Crippen LogP contribution in [0.25, 0.3) is 0 Å². The lowest BCUT2D eigenvalue weighted by atomic mass is 10.1. The molecule has 0 spiro atoms. The molecule has 1 fully saturated rings. The number of fused-ring (bicyclic) bond motifs is 1. The summed E-state index contributed by atoms with van der Waals surface area (Å²) in [5, 5.41) is 10.0. The molecule has 0 unspecified atom stereocenters. The summed E-state index contributed by atoms with van der Waals surface area (Å²) in [7, 11) is -3.69. The molecule has 1 aromatic carbocycles. The second-order valence-electron chi connectivity index (χ2n) is 6.67. The predicted octanol–water partition coefficient (Wildman–Crippen LogP) is 1.94. The van der Waals surface area contributed by atoms with Crippen molar-refractivity contribution in [2.75, 3.05) is 5.75 Å².